The van der Waals surface area contributed by atoms with Crippen LogP contribution in [-0.2, 0) is 22.6 Å². The van der Waals surface area contributed by atoms with Crippen LogP contribution in [0.15, 0.2) is 48.5 Å². The molecular weight excluding hydrogens is 362 g/mol. The van der Waals surface area contributed by atoms with Gasteiger partial charge in [-0.15, -0.1) is 0 Å². The lowest BCUT2D eigenvalue weighted by atomic mass is 10.2. The number of nitrogens with two attached hydrogens (primary N) is 1. The first kappa shape index (κ1) is 18.7. The van der Waals surface area contributed by atoms with Crippen LogP contribution in [-0.4, -0.2) is 15.6 Å². The fourth-order valence-corrected chi connectivity index (χ4v) is 3.27. The van der Waals surface area contributed by atoms with Crippen molar-refractivity contribution in [2.75, 3.05) is 5.32 Å². The molecule has 0 atom stereocenters. The second-order valence-corrected chi connectivity index (χ2v) is 6.48. The molecule has 140 valence electrons. The normalized spacial score (nSPS) is 10.6. The van der Waals surface area contributed by atoms with E-state index in [1.54, 1.807) is 6.07 Å². The van der Waals surface area contributed by atoms with E-state index in [1.165, 1.54) is 6.92 Å². The Balaban J connectivity index is 2.20. The number of carbonyl (C=O) groups excluding carboxylic acids is 1. The Morgan fingerprint density at radius 1 is 1.19 bits per heavy atom. The highest BCUT2D eigenvalue weighted by Gasteiger charge is 2.21. The summed E-state index contributed by atoms with van der Waals surface area (Å²) in [6.45, 7) is 4.02. The Kier molecular flexibility index (Phi) is 5.61. The van der Waals surface area contributed by atoms with Crippen molar-refractivity contribution in [1.82, 2.24) is 4.57 Å². The number of nitrogens with zero attached hydrogens (tertiary/aromatic N) is 1. The molecule has 1 heterocycles. The number of benzene rings is 2. The molecule has 0 radical (unpaired) electrons. The first-order valence-corrected chi connectivity index (χ1v) is 9.01. The molecule has 0 spiro atoms. The lowest BCUT2D eigenvalue weighted by Crippen LogP contribution is -2.20. The summed E-state index contributed by atoms with van der Waals surface area (Å²) in [5.41, 5.74) is 9.64. The molecule has 3 aromatic rings. The molecule has 0 aliphatic rings. The Morgan fingerprint density at radius 2 is 1.93 bits per heavy atom. The van der Waals surface area contributed by atoms with Crippen molar-refractivity contribution in [3.63, 3.8) is 0 Å². The van der Waals surface area contributed by atoms with Gasteiger partial charge in [-0.1, -0.05) is 43.3 Å². The van der Waals surface area contributed by atoms with Crippen molar-refractivity contribution in [2.45, 2.75) is 26.8 Å². The minimum absolute atomic E-state index is 0.158. The minimum atomic E-state index is -0.532. The number of anilines is 1. The third-order valence-corrected chi connectivity index (χ3v) is 4.28. The van der Waals surface area contributed by atoms with Gasteiger partial charge in [0.25, 0.3) is 0 Å². The van der Waals surface area contributed by atoms with Crippen molar-refractivity contribution < 1.29 is 14.6 Å². The molecule has 27 heavy (non-hydrogen) atoms. The minimum Gasteiger partial charge on any atom is -0.376 e. The maximum atomic E-state index is 11.2. The van der Waals surface area contributed by atoms with Crippen LogP contribution in [0.3, 0.4) is 0 Å². The van der Waals surface area contributed by atoms with Gasteiger partial charge in [0.1, 0.15) is 0 Å². The first-order valence-electron chi connectivity index (χ1n) is 8.60. The summed E-state index contributed by atoms with van der Waals surface area (Å²) in [7, 11) is 0. The molecule has 0 unspecified atom stereocenters. The largest absolute Gasteiger partial charge is 0.376 e. The van der Waals surface area contributed by atoms with E-state index in [4.69, 9.17) is 27.7 Å². The summed E-state index contributed by atoms with van der Waals surface area (Å²) in [6, 6.07) is 15.7. The molecular formula is C20H21N3O3S. The van der Waals surface area contributed by atoms with E-state index in [1.807, 2.05) is 30.3 Å². The summed E-state index contributed by atoms with van der Waals surface area (Å²) in [4.78, 5) is 21.2. The van der Waals surface area contributed by atoms with E-state index in [9.17, 15) is 4.79 Å². The fourth-order valence-electron chi connectivity index (χ4n) is 3.17. The number of carbonyl (C=O) groups is 1. The number of thiocarbonyl (C=S) groups is 1. The van der Waals surface area contributed by atoms with Gasteiger partial charge in [0.05, 0.1) is 16.6 Å². The highest BCUT2D eigenvalue weighted by Crippen LogP contribution is 2.38. The van der Waals surface area contributed by atoms with Gasteiger partial charge in [-0.3, -0.25) is 9.78 Å². The van der Waals surface area contributed by atoms with Crippen LogP contribution < -0.4 is 15.9 Å². The van der Waals surface area contributed by atoms with E-state index >= 15 is 0 Å². The molecule has 2 aromatic carbocycles. The van der Waals surface area contributed by atoms with E-state index in [-0.39, 0.29) is 5.11 Å². The third-order valence-electron chi connectivity index (χ3n) is 4.17. The van der Waals surface area contributed by atoms with Crippen LogP contribution in [0.5, 0.6) is 5.75 Å². The van der Waals surface area contributed by atoms with Crippen LogP contribution in [0.2, 0.25) is 0 Å². The molecule has 6 nitrogen and oxygen atoms in total. The Bertz CT molecular complexity index is 983. The van der Waals surface area contributed by atoms with Gasteiger partial charge in [0, 0.05) is 19.2 Å². The van der Waals surface area contributed by atoms with Crippen LogP contribution in [0.1, 0.15) is 25.1 Å². The molecule has 0 amide bonds. The highest BCUT2D eigenvalue weighted by molar-refractivity contribution is 7.80. The number of aromatic nitrogens is 1. The molecule has 0 saturated carbocycles. The Labute approximate surface area is 162 Å². The first-order chi connectivity index (χ1) is 13.0. The standard InChI is InChI=1S/C20H21N3O3S/c1-3-15-19(22-20(21)27)18-16(10-7-11-17(18)26-25-13(2)24)23(15)12-14-8-5-4-6-9-14/h4-11H,3,12H2,1-2H3,(H3,21,22,27). The third kappa shape index (κ3) is 4.03. The zero-order valence-electron chi connectivity index (χ0n) is 15.2. The lowest BCUT2D eigenvalue weighted by molar-refractivity contribution is -0.210. The van der Waals surface area contributed by atoms with Crippen LogP contribution >= 0.6 is 12.2 Å². The van der Waals surface area contributed by atoms with E-state index in [2.05, 4.69) is 28.9 Å². The van der Waals surface area contributed by atoms with Gasteiger partial charge in [-0.25, -0.2) is 4.79 Å². The molecule has 0 bridgehead atoms. The molecule has 3 rings (SSSR count). The second-order valence-electron chi connectivity index (χ2n) is 6.04. The summed E-state index contributed by atoms with van der Waals surface area (Å²) >= 11 is 5.07. The fraction of sp³-hybridized carbons (Fsp3) is 0.200. The molecule has 0 aliphatic heterocycles. The Morgan fingerprint density at radius 3 is 2.56 bits per heavy atom. The smallest absolute Gasteiger partial charge is 0.352 e. The van der Waals surface area contributed by atoms with Crippen LogP contribution in [0.4, 0.5) is 5.69 Å². The quantitative estimate of drug-likeness (QED) is 0.383. The van der Waals surface area contributed by atoms with Gasteiger partial charge in [-0.05, 0) is 36.3 Å². The molecule has 0 fully saturated rings. The zero-order valence-corrected chi connectivity index (χ0v) is 16.0. The van der Waals surface area contributed by atoms with Gasteiger partial charge in [0.15, 0.2) is 10.9 Å². The highest BCUT2D eigenvalue weighted by atomic mass is 32.1. The van der Waals surface area contributed by atoms with Gasteiger partial charge >= 0.3 is 5.97 Å². The van der Waals surface area contributed by atoms with Crippen molar-refractivity contribution >= 4 is 39.9 Å². The van der Waals surface area contributed by atoms with Crippen LogP contribution in [0.25, 0.3) is 10.9 Å². The number of nitrogens with one attached hydrogen (secondary N) is 1. The maximum Gasteiger partial charge on any atom is 0.352 e. The second kappa shape index (κ2) is 8.09. The van der Waals surface area contributed by atoms with E-state index in [0.717, 1.165) is 34.3 Å². The number of hydrogen-bond donors (Lipinski definition) is 2. The number of hydrogen-bond acceptors (Lipinski definition) is 4. The molecule has 7 heteroatoms. The molecule has 1 aromatic heterocycles. The van der Waals surface area contributed by atoms with Gasteiger partial charge in [0.2, 0.25) is 0 Å². The Hall–Kier alpha value is -3.06. The van der Waals surface area contributed by atoms with Crippen molar-refractivity contribution in [2.24, 2.45) is 5.73 Å². The van der Waals surface area contributed by atoms with Crippen LogP contribution in [0, 0.1) is 0 Å². The predicted molar refractivity (Wildman–Crippen MR) is 110 cm³/mol. The van der Waals surface area contributed by atoms with Crippen molar-refractivity contribution in [3.8, 4) is 5.75 Å². The zero-order chi connectivity index (χ0) is 19.4. The summed E-state index contributed by atoms with van der Waals surface area (Å²) in [5, 5.41) is 3.99. The number of rotatable bonds is 6. The molecule has 0 saturated heterocycles. The van der Waals surface area contributed by atoms with Crippen molar-refractivity contribution in [1.29, 1.82) is 0 Å². The SMILES string of the molecule is CCc1c(NC(N)=S)c2c(OOC(C)=O)cccc2n1Cc1ccccc1. The van der Waals surface area contributed by atoms with E-state index in [0.29, 0.717) is 12.3 Å². The average Bonchev–Trinajstić information content (AvgIpc) is 2.93. The van der Waals surface area contributed by atoms with Gasteiger partial charge in [-0.2, -0.15) is 0 Å². The molecule has 3 N–H and O–H groups in total. The molecule has 0 aliphatic carbocycles. The summed E-state index contributed by atoms with van der Waals surface area (Å²) < 4.78 is 2.19. The maximum absolute atomic E-state index is 11.2. The summed E-state index contributed by atoms with van der Waals surface area (Å²) in [6.07, 6.45) is 0.749. The lowest BCUT2D eigenvalue weighted by Gasteiger charge is -2.11. The summed E-state index contributed by atoms with van der Waals surface area (Å²) in [5.74, 6) is -0.113. The van der Waals surface area contributed by atoms with Gasteiger partial charge < -0.3 is 15.6 Å². The predicted octanol–water partition coefficient (Wildman–Crippen LogP) is 3.76. The average molecular weight is 383 g/mol. The monoisotopic (exact) mass is 383 g/mol. The van der Waals surface area contributed by atoms with E-state index < -0.39 is 5.97 Å². The topological polar surface area (TPSA) is 78.5 Å². The van der Waals surface area contributed by atoms with Crippen molar-refractivity contribution in [3.05, 3.63) is 59.8 Å². The number of fused-ring (bicyclic) bond motifs is 1.